The summed E-state index contributed by atoms with van der Waals surface area (Å²) >= 11 is 3.47. The lowest BCUT2D eigenvalue weighted by Crippen LogP contribution is -1.75. The third-order valence-electron chi connectivity index (χ3n) is 2.67. The second kappa shape index (κ2) is 4.74. The third-order valence-corrected chi connectivity index (χ3v) is 3.17. The van der Waals surface area contributed by atoms with Crippen molar-refractivity contribution < 1.29 is 0 Å². The zero-order chi connectivity index (χ0) is 12.4. The van der Waals surface area contributed by atoms with Crippen molar-refractivity contribution in [2.24, 2.45) is 0 Å². The van der Waals surface area contributed by atoms with Gasteiger partial charge in [-0.2, -0.15) is 5.10 Å². The van der Waals surface area contributed by atoms with Gasteiger partial charge in [-0.05, 0) is 35.9 Å². The second-order valence-corrected chi connectivity index (χ2v) is 4.83. The number of rotatable bonds is 2. The molecule has 0 radical (unpaired) electrons. The maximum absolute atomic E-state index is 4.26. The van der Waals surface area contributed by atoms with Gasteiger partial charge in [-0.1, -0.05) is 28.1 Å². The van der Waals surface area contributed by atoms with E-state index in [4.69, 9.17) is 0 Å². The molecule has 2 aromatic heterocycles. The zero-order valence-corrected chi connectivity index (χ0v) is 11.1. The van der Waals surface area contributed by atoms with Gasteiger partial charge in [0.1, 0.15) is 0 Å². The molecule has 4 heteroatoms. The predicted octanol–water partition coefficient (Wildman–Crippen LogP) is 3.89. The van der Waals surface area contributed by atoms with E-state index in [0.29, 0.717) is 0 Å². The minimum atomic E-state index is 0.962. The van der Waals surface area contributed by atoms with E-state index in [0.717, 1.165) is 26.6 Å². The van der Waals surface area contributed by atoms with E-state index in [-0.39, 0.29) is 0 Å². The third kappa shape index (κ3) is 2.19. The van der Waals surface area contributed by atoms with Gasteiger partial charge >= 0.3 is 0 Å². The van der Waals surface area contributed by atoms with Gasteiger partial charge in [-0.15, -0.1) is 0 Å². The average Bonchev–Trinajstić information content (AvgIpc) is 2.80. The first kappa shape index (κ1) is 11.2. The van der Waals surface area contributed by atoms with Gasteiger partial charge in [0, 0.05) is 22.3 Å². The molecule has 18 heavy (non-hydrogen) atoms. The predicted molar refractivity (Wildman–Crippen MR) is 77.0 cm³/mol. The highest BCUT2D eigenvalue weighted by Gasteiger charge is 2.02. The Kier molecular flexibility index (Phi) is 2.94. The Morgan fingerprint density at radius 2 is 2.11 bits per heavy atom. The molecular formula is C14H10BrN3. The largest absolute Gasteiger partial charge is 0.277 e. The molecule has 1 N–H and O–H groups in total. The number of aromatic nitrogens is 3. The summed E-state index contributed by atoms with van der Waals surface area (Å²) in [5.74, 6) is 0. The number of fused-ring (bicyclic) bond motifs is 1. The van der Waals surface area contributed by atoms with Crippen molar-refractivity contribution in [2.75, 3.05) is 0 Å². The van der Waals surface area contributed by atoms with Crippen LogP contribution in [0, 0.1) is 0 Å². The fourth-order valence-corrected chi connectivity index (χ4v) is 2.14. The number of hydrogen-bond donors (Lipinski definition) is 1. The van der Waals surface area contributed by atoms with E-state index in [9.17, 15) is 0 Å². The molecule has 2 heterocycles. The lowest BCUT2D eigenvalue weighted by Gasteiger charge is -1.93. The summed E-state index contributed by atoms with van der Waals surface area (Å²) in [5, 5.41) is 8.39. The van der Waals surface area contributed by atoms with Crippen molar-refractivity contribution in [3.05, 3.63) is 58.5 Å². The molecule has 0 saturated heterocycles. The molecule has 0 amide bonds. The highest BCUT2D eigenvalue weighted by Crippen LogP contribution is 2.22. The molecule has 0 unspecified atom stereocenters. The molecule has 0 aliphatic carbocycles. The summed E-state index contributed by atoms with van der Waals surface area (Å²) < 4.78 is 1.05. The molecule has 0 fully saturated rings. The maximum atomic E-state index is 4.26. The Morgan fingerprint density at radius 3 is 2.94 bits per heavy atom. The van der Waals surface area contributed by atoms with Crippen LogP contribution in [-0.2, 0) is 0 Å². The number of nitrogens with one attached hydrogen (secondary N) is 1. The Bertz CT molecular complexity index is 701. The number of halogens is 1. The number of benzene rings is 1. The SMILES string of the molecule is Brc1ccc2n[nH]c(/C=C/c3cccnc3)c2c1. The van der Waals surface area contributed by atoms with Gasteiger partial charge in [-0.25, -0.2) is 0 Å². The lowest BCUT2D eigenvalue weighted by molar-refractivity contribution is 1.11. The Balaban J connectivity index is 2.00. The zero-order valence-electron chi connectivity index (χ0n) is 9.47. The van der Waals surface area contributed by atoms with Crippen molar-refractivity contribution in [2.45, 2.75) is 0 Å². The molecule has 0 aliphatic rings. The first-order chi connectivity index (χ1) is 8.83. The first-order valence-electron chi connectivity index (χ1n) is 5.55. The van der Waals surface area contributed by atoms with Crippen LogP contribution >= 0.6 is 15.9 Å². The van der Waals surface area contributed by atoms with Gasteiger partial charge in [0.2, 0.25) is 0 Å². The molecule has 3 rings (SSSR count). The van der Waals surface area contributed by atoms with Crippen molar-refractivity contribution >= 4 is 39.0 Å². The van der Waals surface area contributed by atoms with Gasteiger partial charge in [0.25, 0.3) is 0 Å². The monoisotopic (exact) mass is 299 g/mol. The van der Waals surface area contributed by atoms with Crippen molar-refractivity contribution in [3.63, 3.8) is 0 Å². The fourth-order valence-electron chi connectivity index (χ4n) is 1.78. The van der Waals surface area contributed by atoms with Crippen molar-refractivity contribution in [1.29, 1.82) is 0 Å². The quantitative estimate of drug-likeness (QED) is 0.780. The van der Waals surface area contributed by atoms with Crippen LogP contribution in [0.4, 0.5) is 0 Å². The number of nitrogens with zero attached hydrogens (tertiary/aromatic N) is 2. The Hall–Kier alpha value is -1.94. The molecule has 0 atom stereocenters. The van der Waals surface area contributed by atoms with E-state index in [2.05, 4.69) is 37.2 Å². The van der Waals surface area contributed by atoms with E-state index >= 15 is 0 Å². The van der Waals surface area contributed by atoms with Crippen molar-refractivity contribution in [3.8, 4) is 0 Å². The van der Waals surface area contributed by atoms with E-state index in [1.165, 1.54) is 0 Å². The number of H-pyrrole nitrogens is 1. The van der Waals surface area contributed by atoms with Crippen LogP contribution in [0.2, 0.25) is 0 Å². The molecule has 0 spiro atoms. The fraction of sp³-hybridized carbons (Fsp3) is 0. The van der Waals surface area contributed by atoms with Crippen LogP contribution in [0.3, 0.4) is 0 Å². The van der Waals surface area contributed by atoms with Crippen molar-refractivity contribution in [1.82, 2.24) is 15.2 Å². The van der Waals surface area contributed by atoms with Gasteiger partial charge < -0.3 is 0 Å². The summed E-state index contributed by atoms with van der Waals surface area (Å²) in [5.41, 5.74) is 3.02. The first-order valence-corrected chi connectivity index (χ1v) is 6.34. The van der Waals surface area contributed by atoms with Gasteiger partial charge in [0.15, 0.2) is 0 Å². The minimum absolute atomic E-state index is 0.962. The van der Waals surface area contributed by atoms with Gasteiger partial charge in [-0.3, -0.25) is 10.1 Å². The molecule has 3 nitrogen and oxygen atoms in total. The molecule has 0 saturated carbocycles. The topological polar surface area (TPSA) is 41.6 Å². The minimum Gasteiger partial charge on any atom is -0.277 e. The summed E-state index contributed by atoms with van der Waals surface area (Å²) in [7, 11) is 0. The highest BCUT2D eigenvalue weighted by molar-refractivity contribution is 9.10. The standard InChI is InChI=1S/C14H10BrN3/c15-11-4-6-14-12(8-11)13(17-18-14)5-3-10-2-1-7-16-9-10/h1-9H,(H,17,18)/b5-3+. The lowest BCUT2D eigenvalue weighted by atomic mass is 10.2. The van der Waals surface area contributed by atoms with Crippen LogP contribution in [0.15, 0.2) is 47.2 Å². The van der Waals surface area contributed by atoms with Crippen LogP contribution in [-0.4, -0.2) is 15.2 Å². The number of hydrogen-bond acceptors (Lipinski definition) is 2. The highest BCUT2D eigenvalue weighted by atomic mass is 79.9. The number of pyridine rings is 1. The van der Waals surface area contributed by atoms with Crippen LogP contribution in [0.25, 0.3) is 23.1 Å². The van der Waals surface area contributed by atoms with Gasteiger partial charge in [0.05, 0.1) is 11.2 Å². The van der Waals surface area contributed by atoms with E-state index < -0.39 is 0 Å². The maximum Gasteiger partial charge on any atom is 0.0928 e. The van der Waals surface area contributed by atoms with Crippen LogP contribution in [0.1, 0.15) is 11.3 Å². The second-order valence-electron chi connectivity index (χ2n) is 3.92. The normalized spacial score (nSPS) is 11.4. The van der Waals surface area contributed by atoms with E-state index in [1.54, 1.807) is 6.20 Å². The molecule has 0 bridgehead atoms. The number of aromatic amines is 1. The summed E-state index contributed by atoms with van der Waals surface area (Å²) in [6.07, 6.45) is 7.62. The Labute approximate surface area is 113 Å². The summed E-state index contributed by atoms with van der Waals surface area (Å²) in [4.78, 5) is 4.08. The molecule has 88 valence electrons. The molecule has 0 aliphatic heterocycles. The molecule has 1 aromatic carbocycles. The molecule has 3 aromatic rings. The Morgan fingerprint density at radius 1 is 1.17 bits per heavy atom. The van der Waals surface area contributed by atoms with E-state index in [1.807, 2.05) is 42.6 Å². The summed E-state index contributed by atoms with van der Waals surface area (Å²) in [6.45, 7) is 0. The van der Waals surface area contributed by atoms with Crippen LogP contribution in [0.5, 0.6) is 0 Å². The average molecular weight is 300 g/mol. The van der Waals surface area contributed by atoms with Crippen LogP contribution < -0.4 is 0 Å². The smallest absolute Gasteiger partial charge is 0.0928 e. The molecular weight excluding hydrogens is 290 g/mol. The summed E-state index contributed by atoms with van der Waals surface area (Å²) in [6, 6.07) is 9.95.